The van der Waals surface area contributed by atoms with E-state index in [0.29, 0.717) is 11.3 Å². The number of nitrogens with one attached hydrogen (secondary N) is 1. The number of hydrogen-bond acceptors (Lipinski definition) is 5. The zero-order valence-corrected chi connectivity index (χ0v) is 16.2. The minimum atomic E-state index is -0.921. The summed E-state index contributed by atoms with van der Waals surface area (Å²) in [6.07, 6.45) is -0.921. The van der Waals surface area contributed by atoms with Crippen molar-refractivity contribution in [1.29, 1.82) is 0 Å². The summed E-state index contributed by atoms with van der Waals surface area (Å²) in [5.41, 5.74) is 0.317. The van der Waals surface area contributed by atoms with E-state index in [1.165, 1.54) is 14.0 Å². The molecule has 2 amide bonds. The molecule has 1 rings (SSSR count). The van der Waals surface area contributed by atoms with Gasteiger partial charge in [0.25, 0.3) is 11.8 Å². The molecule has 7 nitrogen and oxygen atoms in total. The molecule has 26 heavy (non-hydrogen) atoms. The molecule has 0 aromatic heterocycles. The summed E-state index contributed by atoms with van der Waals surface area (Å²) in [6.45, 7) is 8.80. The van der Waals surface area contributed by atoms with E-state index in [1.54, 1.807) is 29.2 Å². The second kappa shape index (κ2) is 9.79. The number of nitrogens with zero attached hydrogens (tertiary/aromatic N) is 1. The molecule has 1 aromatic rings. The first kappa shape index (κ1) is 21.5. The predicted molar refractivity (Wildman–Crippen MR) is 98.0 cm³/mol. The second-order valence-corrected chi connectivity index (χ2v) is 6.45. The van der Waals surface area contributed by atoms with Gasteiger partial charge < -0.3 is 19.7 Å². The number of methoxy groups -OCH3 is 1. The molecule has 1 aromatic carbocycles. The molecule has 0 aliphatic carbocycles. The van der Waals surface area contributed by atoms with Crippen molar-refractivity contribution in [3.63, 3.8) is 0 Å². The van der Waals surface area contributed by atoms with E-state index in [9.17, 15) is 14.4 Å². The molecule has 0 saturated heterocycles. The normalized spacial score (nSPS) is 11.8. The number of carbonyl (C=O) groups excluding carboxylic acids is 3. The molecule has 0 aliphatic rings. The first-order valence-corrected chi connectivity index (χ1v) is 8.61. The second-order valence-electron chi connectivity index (χ2n) is 6.45. The number of esters is 1. The smallest absolute Gasteiger partial charge is 0.326 e. The van der Waals surface area contributed by atoms with E-state index in [2.05, 4.69) is 5.32 Å². The van der Waals surface area contributed by atoms with Gasteiger partial charge in [-0.3, -0.25) is 14.4 Å². The highest BCUT2D eigenvalue weighted by atomic mass is 16.5. The Labute approximate surface area is 154 Å². The zero-order chi connectivity index (χ0) is 19.9. The minimum Gasteiger partial charge on any atom is -0.496 e. The number of benzene rings is 1. The number of para-hydroxylation sites is 1. The van der Waals surface area contributed by atoms with Crippen LogP contribution in [0.1, 0.15) is 45.0 Å². The van der Waals surface area contributed by atoms with Crippen LogP contribution in [0.5, 0.6) is 5.75 Å². The SMILES string of the molecule is COc1ccccc1C(=O)NCC(=O)O[C@@H](C)C(=O)N(C(C)C)C(C)C. The maximum absolute atomic E-state index is 12.4. The Hall–Kier alpha value is -2.57. The van der Waals surface area contributed by atoms with Gasteiger partial charge in [-0.15, -0.1) is 0 Å². The summed E-state index contributed by atoms with van der Waals surface area (Å²) in [4.78, 5) is 38.2. The van der Waals surface area contributed by atoms with E-state index < -0.39 is 18.0 Å². The van der Waals surface area contributed by atoms with Crippen molar-refractivity contribution in [3.05, 3.63) is 29.8 Å². The Morgan fingerprint density at radius 2 is 1.62 bits per heavy atom. The molecule has 0 spiro atoms. The topological polar surface area (TPSA) is 84.9 Å². The van der Waals surface area contributed by atoms with Gasteiger partial charge in [0.2, 0.25) is 0 Å². The van der Waals surface area contributed by atoms with Gasteiger partial charge in [0.05, 0.1) is 12.7 Å². The first-order chi connectivity index (χ1) is 12.2. The van der Waals surface area contributed by atoms with Gasteiger partial charge in [0.1, 0.15) is 12.3 Å². The van der Waals surface area contributed by atoms with Crippen molar-refractivity contribution in [2.75, 3.05) is 13.7 Å². The summed E-state index contributed by atoms with van der Waals surface area (Å²) in [5, 5.41) is 2.47. The molecule has 144 valence electrons. The fourth-order valence-corrected chi connectivity index (χ4v) is 2.68. The summed E-state index contributed by atoms with van der Waals surface area (Å²) in [7, 11) is 1.46. The molecule has 0 saturated carbocycles. The number of ether oxygens (including phenoxy) is 2. The minimum absolute atomic E-state index is 0.00565. The van der Waals surface area contributed by atoms with Crippen LogP contribution in [-0.4, -0.2) is 54.5 Å². The molecular weight excluding hydrogens is 336 g/mol. The lowest BCUT2D eigenvalue weighted by atomic mass is 10.2. The van der Waals surface area contributed by atoms with Crippen LogP contribution < -0.4 is 10.1 Å². The van der Waals surface area contributed by atoms with Crippen LogP contribution in [0.25, 0.3) is 0 Å². The van der Waals surface area contributed by atoms with Crippen molar-refractivity contribution >= 4 is 17.8 Å². The average molecular weight is 364 g/mol. The highest BCUT2D eigenvalue weighted by molar-refractivity contribution is 5.98. The number of amides is 2. The molecule has 0 bridgehead atoms. The molecule has 1 N–H and O–H groups in total. The third kappa shape index (κ3) is 5.75. The fourth-order valence-electron chi connectivity index (χ4n) is 2.68. The third-order valence-electron chi connectivity index (χ3n) is 3.77. The average Bonchev–Trinajstić information content (AvgIpc) is 2.58. The number of hydrogen-bond donors (Lipinski definition) is 1. The highest BCUT2D eigenvalue weighted by Gasteiger charge is 2.27. The van der Waals surface area contributed by atoms with Crippen LogP contribution in [-0.2, 0) is 14.3 Å². The highest BCUT2D eigenvalue weighted by Crippen LogP contribution is 2.16. The Morgan fingerprint density at radius 3 is 2.15 bits per heavy atom. The van der Waals surface area contributed by atoms with E-state index in [1.807, 2.05) is 27.7 Å². The van der Waals surface area contributed by atoms with Crippen molar-refractivity contribution in [3.8, 4) is 5.75 Å². The van der Waals surface area contributed by atoms with Crippen molar-refractivity contribution in [1.82, 2.24) is 10.2 Å². The van der Waals surface area contributed by atoms with Crippen molar-refractivity contribution in [2.45, 2.75) is 52.8 Å². The van der Waals surface area contributed by atoms with Gasteiger partial charge in [0, 0.05) is 12.1 Å². The lowest BCUT2D eigenvalue weighted by Gasteiger charge is -2.32. The Morgan fingerprint density at radius 1 is 1.04 bits per heavy atom. The monoisotopic (exact) mass is 364 g/mol. The van der Waals surface area contributed by atoms with Crippen LogP contribution in [0, 0.1) is 0 Å². The third-order valence-corrected chi connectivity index (χ3v) is 3.77. The fraction of sp³-hybridized carbons (Fsp3) is 0.526. The van der Waals surface area contributed by atoms with Crippen LogP contribution >= 0.6 is 0 Å². The van der Waals surface area contributed by atoms with Crippen LogP contribution in [0.15, 0.2) is 24.3 Å². The van der Waals surface area contributed by atoms with Gasteiger partial charge >= 0.3 is 5.97 Å². The van der Waals surface area contributed by atoms with E-state index in [0.717, 1.165) is 0 Å². The molecule has 0 radical (unpaired) electrons. The van der Waals surface area contributed by atoms with Crippen molar-refractivity contribution in [2.24, 2.45) is 0 Å². The number of carbonyl (C=O) groups is 3. The van der Waals surface area contributed by atoms with Gasteiger partial charge in [-0.05, 0) is 46.8 Å². The largest absolute Gasteiger partial charge is 0.496 e. The molecule has 0 aliphatic heterocycles. The van der Waals surface area contributed by atoms with Gasteiger partial charge in [-0.2, -0.15) is 0 Å². The Bertz CT molecular complexity index is 635. The first-order valence-electron chi connectivity index (χ1n) is 8.61. The summed E-state index contributed by atoms with van der Waals surface area (Å²) < 4.78 is 10.3. The van der Waals surface area contributed by atoms with E-state index in [-0.39, 0.29) is 24.5 Å². The van der Waals surface area contributed by atoms with Crippen LogP contribution in [0.2, 0.25) is 0 Å². The molecule has 0 unspecified atom stereocenters. The Kier molecular flexibility index (Phi) is 8.09. The molecule has 7 heteroatoms. The maximum Gasteiger partial charge on any atom is 0.326 e. The number of rotatable bonds is 8. The molecule has 1 atom stereocenters. The predicted octanol–water partition coefficient (Wildman–Crippen LogP) is 2.00. The van der Waals surface area contributed by atoms with Gasteiger partial charge in [-0.25, -0.2) is 0 Å². The quantitative estimate of drug-likeness (QED) is 0.713. The molecule has 0 fully saturated rings. The van der Waals surface area contributed by atoms with Gasteiger partial charge in [-0.1, -0.05) is 12.1 Å². The lowest BCUT2D eigenvalue weighted by molar-refractivity contribution is -0.160. The summed E-state index contributed by atoms with van der Waals surface area (Å²) in [6, 6.07) is 6.67. The van der Waals surface area contributed by atoms with Crippen molar-refractivity contribution < 1.29 is 23.9 Å². The standard InChI is InChI=1S/C19H28N2O5/c1-12(2)21(13(3)4)19(24)14(5)26-17(22)11-20-18(23)15-9-7-8-10-16(15)25-6/h7-10,12-14H,11H2,1-6H3,(H,20,23)/t14-/m0/s1. The molecule has 0 heterocycles. The van der Waals surface area contributed by atoms with Gasteiger partial charge in [0.15, 0.2) is 6.10 Å². The van der Waals surface area contributed by atoms with E-state index >= 15 is 0 Å². The van der Waals surface area contributed by atoms with E-state index in [4.69, 9.17) is 9.47 Å². The Balaban J connectivity index is 2.61. The molecular formula is C19H28N2O5. The maximum atomic E-state index is 12.4. The summed E-state index contributed by atoms with van der Waals surface area (Å²) in [5.74, 6) is -0.989. The summed E-state index contributed by atoms with van der Waals surface area (Å²) >= 11 is 0. The van der Waals surface area contributed by atoms with Crippen LogP contribution in [0.4, 0.5) is 0 Å². The zero-order valence-electron chi connectivity index (χ0n) is 16.2. The lowest BCUT2D eigenvalue weighted by Crippen LogP contribution is -2.48. The van der Waals surface area contributed by atoms with Crippen LogP contribution in [0.3, 0.4) is 0 Å².